The van der Waals surface area contributed by atoms with Crippen molar-refractivity contribution in [3.8, 4) is 0 Å². The largest absolute Gasteiger partial charge is 0.179 e. The number of rotatable bonds is 30. The first-order valence-corrected chi connectivity index (χ1v) is 21.1. The standard InChI is InChI=1S/2C12H26S.2C8H18.Sn/c2*1-2-3-4-5-6-7-8-9-10-11-12-13;2*1-3-5-7-8-6-4-2;/h2*13H,2-12H2,1H3;2*3-8H2,1-2H3;. The molecule has 0 saturated carbocycles. The van der Waals surface area contributed by atoms with Gasteiger partial charge in [-0.15, -0.1) is 0 Å². The summed E-state index contributed by atoms with van der Waals surface area (Å²) in [6.07, 6.45) is 45.3. The second-order valence-corrected chi connectivity index (χ2v) is 13.5. The molecule has 0 aromatic rings. The maximum atomic E-state index is 4.20. The normalized spacial score (nSPS) is 10.0. The molecule has 0 aliphatic heterocycles. The van der Waals surface area contributed by atoms with Crippen LogP contribution < -0.4 is 0 Å². The number of hydrogen-bond donors (Lipinski definition) is 2. The summed E-state index contributed by atoms with van der Waals surface area (Å²) in [6, 6.07) is 0. The van der Waals surface area contributed by atoms with E-state index >= 15 is 0 Å². The molecule has 264 valence electrons. The third-order valence-corrected chi connectivity index (χ3v) is 8.57. The fraction of sp³-hybridized carbons (Fsp3) is 1.00. The summed E-state index contributed by atoms with van der Waals surface area (Å²) >= 11 is 8.40. The van der Waals surface area contributed by atoms with Gasteiger partial charge in [0.1, 0.15) is 0 Å². The molecule has 0 nitrogen and oxygen atoms in total. The number of hydrogen-bond acceptors (Lipinski definition) is 2. The molecule has 0 saturated heterocycles. The minimum atomic E-state index is 0. The van der Waals surface area contributed by atoms with Crippen molar-refractivity contribution < 1.29 is 0 Å². The van der Waals surface area contributed by atoms with Crippen LogP contribution in [0.3, 0.4) is 0 Å². The predicted octanol–water partition coefficient (Wildman–Crippen LogP) is 16.0. The molecule has 3 heteroatoms. The number of unbranched alkanes of at least 4 members (excludes halogenated alkanes) is 28. The van der Waals surface area contributed by atoms with Crippen molar-refractivity contribution in [3.63, 3.8) is 0 Å². The van der Waals surface area contributed by atoms with Crippen molar-refractivity contribution in [3.05, 3.63) is 0 Å². The zero-order valence-corrected chi connectivity index (χ0v) is 36.1. The van der Waals surface area contributed by atoms with E-state index in [9.17, 15) is 0 Å². The van der Waals surface area contributed by atoms with E-state index in [-0.39, 0.29) is 23.9 Å². The quantitative estimate of drug-likeness (QED) is 0.0408. The van der Waals surface area contributed by atoms with Crippen LogP contribution in [0.5, 0.6) is 0 Å². The van der Waals surface area contributed by atoms with Gasteiger partial charge in [-0.2, -0.15) is 25.3 Å². The van der Waals surface area contributed by atoms with E-state index in [0.29, 0.717) is 0 Å². The average molecular weight is 752 g/mol. The van der Waals surface area contributed by atoms with Crippen LogP contribution >= 0.6 is 25.3 Å². The molecule has 4 radical (unpaired) electrons. The van der Waals surface area contributed by atoms with Gasteiger partial charge in [0.15, 0.2) is 0 Å². The van der Waals surface area contributed by atoms with Crippen molar-refractivity contribution >= 4 is 49.2 Å². The minimum Gasteiger partial charge on any atom is -0.179 e. The molecule has 0 aromatic carbocycles. The van der Waals surface area contributed by atoms with Gasteiger partial charge in [-0.3, -0.25) is 0 Å². The molecule has 0 atom stereocenters. The Morgan fingerprint density at radius 2 is 0.326 bits per heavy atom. The van der Waals surface area contributed by atoms with Crippen LogP contribution in [0.4, 0.5) is 0 Å². The molecular weight excluding hydrogens is 663 g/mol. The summed E-state index contributed by atoms with van der Waals surface area (Å²) in [5.41, 5.74) is 0. The van der Waals surface area contributed by atoms with Gasteiger partial charge in [0.2, 0.25) is 0 Å². The first-order valence-electron chi connectivity index (χ1n) is 19.9. The summed E-state index contributed by atoms with van der Waals surface area (Å²) < 4.78 is 0. The molecule has 0 unspecified atom stereocenters. The van der Waals surface area contributed by atoms with Crippen LogP contribution in [0.2, 0.25) is 0 Å². The van der Waals surface area contributed by atoms with Gasteiger partial charge >= 0.3 is 0 Å². The molecule has 0 rings (SSSR count). The Labute approximate surface area is 305 Å². The predicted molar refractivity (Wildman–Crippen MR) is 215 cm³/mol. The smallest absolute Gasteiger partial charge is 0 e. The SMILES string of the molecule is CCCCCCCC.CCCCCCCC.CCCCCCCCCCCCS.CCCCCCCCCCCCS.[Sn]. The van der Waals surface area contributed by atoms with Gasteiger partial charge in [0, 0.05) is 23.9 Å². The molecular formula is C40H88S2Sn. The van der Waals surface area contributed by atoms with Crippen LogP contribution in [-0.4, -0.2) is 35.4 Å². The van der Waals surface area contributed by atoms with Crippen molar-refractivity contribution in [1.82, 2.24) is 0 Å². The van der Waals surface area contributed by atoms with Crippen molar-refractivity contribution in [2.45, 2.75) is 247 Å². The third-order valence-electron chi connectivity index (χ3n) is 7.94. The zero-order chi connectivity index (χ0) is 32.0. The second-order valence-electron chi connectivity index (χ2n) is 12.6. The van der Waals surface area contributed by atoms with Gasteiger partial charge in [-0.05, 0) is 24.3 Å². The van der Waals surface area contributed by atoms with Crippen LogP contribution in [0, 0.1) is 0 Å². The topological polar surface area (TPSA) is 0 Å². The zero-order valence-electron chi connectivity index (χ0n) is 31.4. The van der Waals surface area contributed by atoms with E-state index in [1.165, 1.54) is 205 Å². The first kappa shape index (κ1) is 54.0. The molecule has 0 N–H and O–H groups in total. The third kappa shape index (κ3) is 75.5. The number of thiol groups is 2. The summed E-state index contributed by atoms with van der Waals surface area (Å²) in [5.74, 6) is 2.13. The second kappa shape index (κ2) is 62.3. The van der Waals surface area contributed by atoms with Crippen molar-refractivity contribution in [1.29, 1.82) is 0 Å². The molecule has 0 heterocycles. The molecule has 43 heavy (non-hydrogen) atoms. The molecule has 0 fully saturated rings. The summed E-state index contributed by atoms with van der Waals surface area (Å²) in [6.45, 7) is 13.6. The molecule has 0 aliphatic carbocycles. The van der Waals surface area contributed by atoms with E-state index < -0.39 is 0 Å². The van der Waals surface area contributed by atoms with E-state index in [1.54, 1.807) is 0 Å². The summed E-state index contributed by atoms with van der Waals surface area (Å²) in [4.78, 5) is 0. The maximum Gasteiger partial charge on any atom is 0 e. The van der Waals surface area contributed by atoms with Crippen LogP contribution in [0.1, 0.15) is 247 Å². The Hall–Kier alpha value is 1.50. The Balaban J connectivity index is -0.000000152. The Bertz CT molecular complexity index is 298. The van der Waals surface area contributed by atoms with E-state index in [2.05, 4.69) is 66.8 Å². The van der Waals surface area contributed by atoms with Crippen molar-refractivity contribution in [2.75, 3.05) is 11.5 Å². The summed E-state index contributed by atoms with van der Waals surface area (Å²) in [5, 5.41) is 0. The molecule has 0 aliphatic rings. The van der Waals surface area contributed by atoms with E-state index in [4.69, 9.17) is 0 Å². The maximum absolute atomic E-state index is 4.20. The van der Waals surface area contributed by atoms with Crippen LogP contribution in [0.15, 0.2) is 0 Å². The molecule has 0 bridgehead atoms. The Morgan fingerprint density at radius 3 is 0.442 bits per heavy atom. The Morgan fingerprint density at radius 1 is 0.209 bits per heavy atom. The van der Waals surface area contributed by atoms with Gasteiger partial charge in [-0.25, -0.2) is 0 Å². The monoisotopic (exact) mass is 753 g/mol. The molecule has 0 spiro atoms. The molecule has 0 aromatic heterocycles. The first-order chi connectivity index (χ1) is 20.7. The Kier molecular flexibility index (Phi) is 78.2. The van der Waals surface area contributed by atoms with E-state index in [1.807, 2.05) is 0 Å². The fourth-order valence-electron chi connectivity index (χ4n) is 4.91. The van der Waals surface area contributed by atoms with E-state index in [0.717, 1.165) is 11.5 Å². The van der Waals surface area contributed by atoms with Gasteiger partial charge < -0.3 is 0 Å². The molecule has 0 amide bonds. The van der Waals surface area contributed by atoms with Gasteiger partial charge in [-0.1, -0.05) is 234 Å². The summed E-state index contributed by atoms with van der Waals surface area (Å²) in [7, 11) is 0. The minimum absolute atomic E-state index is 0. The average Bonchev–Trinajstić information content (AvgIpc) is 3.01. The van der Waals surface area contributed by atoms with Gasteiger partial charge in [0.05, 0.1) is 0 Å². The fourth-order valence-corrected chi connectivity index (χ4v) is 5.35. The van der Waals surface area contributed by atoms with Crippen molar-refractivity contribution in [2.24, 2.45) is 0 Å². The van der Waals surface area contributed by atoms with Crippen LogP contribution in [0.25, 0.3) is 0 Å². The van der Waals surface area contributed by atoms with Crippen LogP contribution in [-0.2, 0) is 0 Å². The van der Waals surface area contributed by atoms with Gasteiger partial charge in [0.25, 0.3) is 0 Å².